The normalized spacial score (nSPS) is 25.1. The fourth-order valence-electron chi connectivity index (χ4n) is 6.07. The number of nitrogens with one attached hydrogen (secondary N) is 2. The summed E-state index contributed by atoms with van der Waals surface area (Å²) in [5.41, 5.74) is 1.78. The van der Waals surface area contributed by atoms with Crippen molar-refractivity contribution in [3.63, 3.8) is 0 Å². The molecule has 1 aliphatic carbocycles. The van der Waals surface area contributed by atoms with Crippen LogP contribution in [0.15, 0.2) is 24.4 Å². The van der Waals surface area contributed by atoms with E-state index < -0.39 is 5.54 Å². The molecule has 0 bridgehead atoms. The van der Waals surface area contributed by atoms with Gasteiger partial charge in [0, 0.05) is 49.5 Å². The summed E-state index contributed by atoms with van der Waals surface area (Å²) in [6, 6.07) is 5.57. The molecule has 1 aromatic carbocycles. The molecule has 1 atom stereocenters. The average Bonchev–Trinajstić information content (AvgIpc) is 3.57. The van der Waals surface area contributed by atoms with Crippen LogP contribution in [-0.4, -0.2) is 47.1 Å². The number of rotatable bonds is 4. The molecule has 1 aromatic heterocycles. The van der Waals surface area contributed by atoms with E-state index in [1.807, 2.05) is 18.3 Å². The zero-order chi connectivity index (χ0) is 21.7. The minimum atomic E-state index is -0.534. The topological polar surface area (TPSA) is 73.4 Å². The number of amides is 1. The van der Waals surface area contributed by atoms with Crippen molar-refractivity contribution in [3.05, 3.63) is 35.8 Å². The van der Waals surface area contributed by atoms with Crippen LogP contribution in [0.4, 0.5) is 27.5 Å². The van der Waals surface area contributed by atoms with Crippen LogP contribution in [0, 0.1) is 5.82 Å². The van der Waals surface area contributed by atoms with Gasteiger partial charge in [-0.05, 0) is 50.3 Å². The first kappa shape index (κ1) is 19.8. The van der Waals surface area contributed by atoms with Crippen molar-refractivity contribution in [3.8, 4) is 0 Å². The third kappa shape index (κ3) is 3.11. The smallest absolute Gasteiger partial charge is 0.246 e. The number of benzene rings is 1. The van der Waals surface area contributed by atoms with E-state index >= 15 is 0 Å². The maximum absolute atomic E-state index is 14.8. The molecule has 2 aromatic rings. The Balaban J connectivity index is 1.29. The Hall–Kier alpha value is -2.90. The molecule has 1 spiro atoms. The molecule has 3 aliphatic heterocycles. The molecule has 3 fully saturated rings. The number of nitrogens with zero attached hydrogens (tertiary/aromatic N) is 4. The molecular formula is C24H29FN6O. The van der Waals surface area contributed by atoms with Gasteiger partial charge in [0.25, 0.3) is 0 Å². The van der Waals surface area contributed by atoms with Crippen LogP contribution in [0.2, 0.25) is 0 Å². The molecule has 168 valence electrons. The van der Waals surface area contributed by atoms with Gasteiger partial charge in [-0.2, -0.15) is 4.98 Å². The highest BCUT2D eigenvalue weighted by atomic mass is 19.1. The van der Waals surface area contributed by atoms with Crippen molar-refractivity contribution in [1.82, 2.24) is 15.3 Å². The van der Waals surface area contributed by atoms with Gasteiger partial charge < -0.3 is 20.4 Å². The van der Waals surface area contributed by atoms with E-state index in [1.165, 1.54) is 18.9 Å². The Morgan fingerprint density at radius 2 is 1.97 bits per heavy atom. The van der Waals surface area contributed by atoms with Crippen molar-refractivity contribution in [2.45, 2.75) is 62.9 Å². The standard InChI is InChI=1S/C24H29FN6O/c25-19-13-17(7-8-20(19)30-11-3-4-12-30)28-23-27-15-16-14-24(9-10-26-22(24)32)31(21(16)29-23)18-5-1-2-6-18/h7-8,13,15,18H,1-6,9-12,14H2,(H,26,32)(H,27,28,29)/t24-/m1/s1. The van der Waals surface area contributed by atoms with E-state index in [0.717, 1.165) is 56.6 Å². The van der Waals surface area contributed by atoms with Crippen LogP contribution >= 0.6 is 0 Å². The lowest BCUT2D eigenvalue weighted by Crippen LogP contribution is -2.56. The molecule has 1 saturated carbocycles. The minimum absolute atomic E-state index is 0.108. The second-order valence-electron chi connectivity index (χ2n) is 9.55. The first-order chi connectivity index (χ1) is 15.6. The number of hydrogen-bond acceptors (Lipinski definition) is 6. The monoisotopic (exact) mass is 436 g/mol. The maximum atomic E-state index is 14.8. The van der Waals surface area contributed by atoms with Gasteiger partial charge in [-0.1, -0.05) is 12.8 Å². The van der Waals surface area contributed by atoms with Crippen LogP contribution in [-0.2, 0) is 11.2 Å². The van der Waals surface area contributed by atoms with E-state index in [1.54, 1.807) is 0 Å². The summed E-state index contributed by atoms with van der Waals surface area (Å²) >= 11 is 0. The Morgan fingerprint density at radius 1 is 1.16 bits per heavy atom. The molecule has 0 radical (unpaired) electrons. The Bertz CT molecular complexity index is 1050. The molecule has 1 amide bonds. The van der Waals surface area contributed by atoms with Crippen LogP contribution in [0.3, 0.4) is 0 Å². The zero-order valence-corrected chi connectivity index (χ0v) is 18.2. The fraction of sp³-hybridized carbons (Fsp3) is 0.542. The van der Waals surface area contributed by atoms with Gasteiger partial charge in [0.2, 0.25) is 11.9 Å². The third-order valence-electron chi connectivity index (χ3n) is 7.60. The van der Waals surface area contributed by atoms with Crippen molar-refractivity contribution < 1.29 is 9.18 Å². The molecule has 8 heteroatoms. The summed E-state index contributed by atoms with van der Waals surface area (Å²) < 4.78 is 14.8. The van der Waals surface area contributed by atoms with E-state index in [0.29, 0.717) is 36.3 Å². The summed E-state index contributed by atoms with van der Waals surface area (Å²) in [5.74, 6) is 1.18. The number of anilines is 4. The highest BCUT2D eigenvalue weighted by Crippen LogP contribution is 2.46. The summed E-state index contributed by atoms with van der Waals surface area (Å²) in [6.45, 7) is 2.52. The molecule has 2 saturated heterocycles. The SMILES string of the molecule is O=C1NCC[C@@]12Cc1cnc(Nc3ccc(N4CCCC4)c(F)c3)nc1N2C1CCCC1. The molecule has 6 rings (SSSR count). The number of hydrogen-bond donors (Lipinski definition) is 2. The van der Waals surface area contributed by atoms with Crippen molar-refractivity contribution in [2.24, 2.45) is 0 Å². The maximum Gasteiger partial charge on any atom is 0.246 e. The Morgan fingerprint density at radius 3 is 2.69 bits per heavy atom. The summed E-state index contributed by atoms with van der Waals surface area (Å²) in [5, 5.41) is 6.23. The number of carbonyl (C=O) groups excluding carboxylic acids is 1. The van der Waals surface area contributed by atoms with Gasteiger partial charge in [-0.3, -0.25) is 4.79 Å². The van der Waals surface area contributed by atoms with E-state index in [9.17, 15) is 9.18 Å². The quantitative estimate of drug-likeness (QED) is 0.764. The first-order valence-electron chi connectivity index (χ1n) is 11.9. The van der Waals surface area contributed by atoms with Crippen molar-refractivity contribution in [2.75, 3.05) is 34.8 Å². The zero-order valence-electron chi connectivity index (χ0n) is 18.2. The predicted molar refractivity (Wildman–Crippen MR) is 122 cm³/mol. The number of halogens is 1. The lowest BCUT2D eigenvalue weighted by Gasteiger charge is -2.38. The van der Waals surface area contributed by atoms with Gasteiger partial charge in [-0.15, -0.1) is 0 Å². The largest absolute Gasteiger partial charge is 0.369 e. The summed E-state index contributed by atoms with van der Waals surface area (Å²) in [6.07, 6.45) is 10.1. The lowest BCUT2D eigenvalue weighted by atomic mass is 9.91. The van der Waals surface area contributed by atoms with Gasteiger partial charge in [-0.25, -0.2) is 9.37 Å². The first-order valence-corrected chi connectivity index (χ1v) is 11.9. The molecule has 32 heavy (non-hydrogen) atoms. The van der Waals surface area contributed by atoms with Crippen LogP contribution in [0.5, 0.6) is 0 Å². The van der Waals surface area contributed by atoms with E-state index in [-0.39, 0.29) is 11.7 Å². The molecule has 4 aliphatic rings. The Labute approximate surface area is 187 Å². The predicted octanol–water partition coefficient (Wildman–Crippen LogP) is 3.52. The van der Waals surface area contributed by atoms with Gasteiger partial charge in [0.05, 0.1) is 5.69 Å². The molecule has 2 N–H and O–H groups in total. The van der Waals surface area contributed by atoms with E-state index in [2.05, 4.69) is 25.4 Å². The van der Waals surface area contributed by atoms with Crippen LogP contribution < -0.4 is 20.4 Å². The van der Waals surface area contributed by atoms with Gasteiger partial charge in [0.15, 0.2) is 0 Å². The second kappa shape index (κ2) is 7.60. The number of aromatic nitrogens is 2. The van der Waals surface area contributed by atoms with Gasteiger partial charge >= 0.3 is 0 Å². The van der Waals surface area contributed by atoms with Crippen molar-refractivity contribution >= 4 is 29.0 Å². The fourth-order valence-corrected chi connectivity index (χ4v) is 6.07. The van der Waals surface area contributed by atoms with Gasteiger partial charge in [0.1, 0.15) is 17.2 Å². The van der Waals surface area contributed by atoms with E-state index in [4.69, 9.17) is 4.98 Å². The highest BCUT2D eigenvalue weighted by Gasteiger charge is 2.55. The van der Waals surface area contributed by atoms with Crippen molar-refractivity contribution in [1.29, 1.82) is 0 Å². The molecular weight excluding hydrogens is 407 g/mol. The number of carbonyl (C=O) groups is 1. The average molecular weight is 437 g/mol. The number of fused-ring (bicyclic) bond motifs is 1. The summed E-state index contributed by atoms with van der Waals surface area (Å²) in [4.78, 5) is 26.7. The summed E-state index contributed by atoms with van der Waals surface area (Å²) in [7, 11) is 0. The lowest BCUT2D eigenvalue weighted by molar-refractivity contribution is -0.123. The third-order valence-corrected chi connectivity index (χ3v) is 7.60. The molecule has 7 nitrogen and oxygen atoms in total. The minimum Gasteiger partial charge on any atom is -0.369 e. The second-order valence-corrected chi connectivity index (χ2v) is 9.55. The Kier molecular flexibility index (Phi) is 4.69. The highest BCUT2D eigenvalue weighted by molar-refractivity contribution is 5.94. The van der Waals surface area contributed by atoms with Crippen LogP contribution in [0.1, 0.15) is 50.5 Å². The van der Waals surface area contributed by atoms with Crippen LogP contribution in [0.25, 0.3) is 0 Å². The molecule has 0 unspecified atom stereocenters. The molecule has 4 heterocycles.